The zero-order valence-corrected chi connectivity index (χ0v) is 9.73. The Labute approximate surface area is 99.0 Å². The third-order valence-electron chi connectivity index (χ3n) is 2.72. The molecule has 0 radical (unpaired) electrons. The SMILES string of the molecule is CC1(C)Nc2ccccc2N(CC(=O)O)C1=O. The fourth-order valence-electron chi connectivity index (χ4n) is 1.94. The molecule has 0 aromatic heterocycles. The van der Waals surface area contributed by atoms with Crippen molar-refractivity contribution in [3.8, 4) is 0 Å². The van der Waals surface area contributed by atoms with Crippen molar-refractivity contribution in [2.75, 3.05) is 16.8 Å². The van der Waals surface area contributed by atoms with Crippen LogP contribution in [0.4, 0.5) is 11.4 Å². The highest BCUT2D eigenvalue weighted by molar-refractivity contribution is 6.09. The zero-order valence-electron chi connectivity index (χ0n) is 9.73. The van der Waals surface area contributed by atoms with Gasteiger partial charge in [0.05, 0.1) is 11.4 Å². The van der Waals surface area contributed by atoms with E-state index in [0.29, 0.717) is 5.69 Å². The number of amides is 1. The molecule has 0 fully saturated rings. The fraction of sp³-hybridized carbons (Fsp3) is 0.333. The predicted molar refractivity (Wildman–Crippen MR) is 64.1 cm³/mol. The van der Waals surface area contributed by atoms with Crippen LogP contribution in [0.3, 0.4) is 0 Å². The molecule has 1 aromatic carbocycles. The molecule has 5 heteroatoms. The standard InChI is InChI=1S/C12H14N2O3/c1-12(2)11(17)14(7-10(15)16)9-6-4-3-5-8(9)13-12/h3-6,13H,7H2,1-2H3,(H,15,16). The summed E-state index contributed by atoms with van der Waals surface area (Å²) in [5.41, 5.74) is 0.599. The molecule has 5 nitrogen and oxygen atoms in total. The number of anilines is 2. The molecule has 1 amide bonds. The summed E-state index contributed by atoms with van der Waals surface area (Å²) in [6.07, 6.45) is 0. The second kappa shape index (κ2) is 3.76. The van der Waals surface area contributed by atoms with Crippen LogP contribution in [-0.4, -0.2) is 29.1 Å². The van der Waals surface area contributed by atoms with Gasteiger partial charge in [0.2, 0.25) is 0 Å². The molecule has 2 rings (SSSR count). The first-order valence-electron chi connectivity index (χ1n) is 5.33. The first-order valence-corrected chi connectivity index (χ1v) is 5.33. The number of carbonyl (C=O) groups is 2. The first-order chi connectivity index (χ1) is 7.92. The van der Waals surface area contributed by atoms with Crippen molar-refractivity contribution in [3.05, 3.63) is 24.3 Å². The van der Waals surface area contributed by atoms with E-state index in [1.165, 1.54) is 4.90 Å². The highest BCUT2D eigenvalue weighted by Crippen LogP contribution is 2.34. The van der Waals surface area contributed by atoms with Crippen LogP contribution in [0.1, 0.15) is 13.8 Å². The van der Waals surface area contributed by atoms with Crippen LogP contribution < -0.4 is 10.2 Å². The molecule has 90 valence electrons. The van der Waals surface area contributed by atoms with E-state index in [1.54, 1.807) is 26.0 Å². The number of aliphatic carboxylic acids is 1. The number of carboxylic acid groups (broad SMARTS) is 1. The van der Waals surface area contributed by atoms with Crippen LogP contribution in [0.15, 0.2) is 24.3 Å². The average molecular weight is 234 g/mol. The molecule has 0 aliphatic carbocycles. The third kappa shape index (κ3) is 1.95. The minimum absolute atomic E-state index is 0.237. The number of carboxylic acids is 1. The monoisotopic (exact) mass is 234 g/mol. The third-order valence-corrected chi connectivity index (χ3v) is 2.72. The molecule has 1 aliphatic rings. The second-order valence-corrected chi connectivity index (χ2v) is 4.55. The van der Waals surface area contributed by atoms with Gasteiger partial charge in [0.25, 0.3) is 5.91 Å². The highest BCUT2D eigenvalue weighted by atomic mass is 16.4. The van der Waals surface area contributed by atoms with Crippen molar-refractivity contribution >= 4 is 23.3 Å². The lowest BCUT2D eigenvalue weighted by Crippen LogP contribution is -2.55. The van der Waals surface area contributed by atoms with Crippen LogP contribution in [0.25, 0.3) is 0 Å². The number of nitrogens with zero attached hydrogens (tertiary/aromatic N) is 1. The Hall–Kier alpha value is -2.04. The number of nitrogens with one attached hydrogen (secondary N) is 1. The number of para-hydroxylation sites is 2. The average Bonchev–Trinajstić information content (AvgIpc) is 2.24. The molecular weight excluding hydrogens is 220 g/mol. The van der Waals surface area contributed by atoms with Gasteiger partial charge in [-0.1, -0.05) is 12.1 Å². The van der Waals surface area contributed by atoms with E-state index in [1.807, 2.05) is 12.1 Å². The van der Waals surface area contributed by atoms with Crippen molar-refractivity contribution in [2.45, 2.75) is 19.4 Å². The van der Waals surface area contributed by atoms with E-state index >= 15 is 0 Å². The van der Waals surface area contributed by atoms with Gasteiger partial charge in [0, 0.05) is 0 Å². The molecule has 17 heavy (non-hydrogen) atoms. The summed E-state index contributed by atoms with van der Waals surface area (Å²) in [5.74, 6) is -1.26. The maximum absolute atomic E-state index is 12.1. The van der Waals surface area contributed by atoms with Crippen molar-refractivity contribution in [1.82, 2.24) is 0 Å². The summed E-state index contributed by atoms with van der Waals surface area (Å²) in [4.78, 5) is 24.3. The predicted octanol–water partition coefficient (Wildman–Crippen LogP) is 1.31. The maximum Gasteiger partial charge on any atom is 0.323 e. The minimum Gasteiger partial charge on any atom is -0.480 e. The number of fused-ring (bicyclic) bond motifs is 1. The van der Waals surface area contributed by atoms with Crippen LogP contribution >= 0.6 is 0 Å². The zero-order chi connectivity index (χ0) is 12.6. The van der Waals surface area contributed by atoms with Crippen LogP contribution in [0.2, 0.25) is 0 Å². The summed E-state index contributed by atoms with van der Waals surface area (Å²) in [6.45, 7) is 3.15. The van der Waals surface area contributed by atoms with E-state index in [0.717, 1.165) is 5.69 Å². The molecule has 0 spiro atoms. The lowest BCUT2D eigenvalue weighted by Gasteiger charge is -2.39. The largest absolute Gasteiger partial charge is 0.480 e. The quantitative estimate of drug-likeness (QED) is 0.809. The maximum atomic E-state index is 12.1. The summed E-state index contributed by atoms with van der Waals surface area (Å²) >= 11 is 0. The van der Waals surface area contributed by atoms with Crippen molar-refractivity contribution in [2.24, 2.45) is 0 Å². The first kappa shape index (κ1) is 11.4. The van der Waals surface area contributed by atoms with E-state index < -0.39 is 11.5 Å². The van der Waals surface area contributed by atoms with Gasteiger partial charge in [-0.3, -0.25) is 14.5 Å². The Kier molecular flexibility index (Phi) is 2.53. The van der Waals surface area contributed by atoms with E-state index in [9.17, 15) is 9.59 Å². The molecule has 0 unspecified atom stereocenters. The van der Waals surface area contributed by atoms with Gasteiger partial charge in [-0.2, -0.15) is 0 Å². The Morgan fingerprint density at radius 3 is 2.71 bits per heavy atom. The molecule has 0 atom stereocenters. The second-order valence-electron chi connectivity index (χ2n) is 4.55. The lowest BCUT2D eigenvalue weighted by molar-refractivity contribution is -0.137. The van der Waals surface area contributed by atoms with Crippen LogP contribution in [0.5, 0.6) is 0 Å². The van der Waals surface area contributed by atoms with Gasteiger partial charge in [0.15, 0.2) is 0 Å². The molecule has 2 N–H and O–H groups in total. The lowest BCUT2D eigenvalue weighted by atomic mass is 9.98. The minimum atomic E-state index is -1.02. The summed E-state index contributed by atoms with van der Waals surface area (Å²) < 4.78 is 0. The van der Waals surface area contributed by atoms with Crippen molar-refractivity contribution in [3.63, 3.8) is 0 Å². The Bertz CT molecular complexity index is 482. The number of rotatable bonds is 2. The van der Waals surface area contributed by atoms with Gasteiger partial charge in [0.1, 0.15) is 12.1 Å². The smallest absolute Gasteiger partial charge is 0.323 e. The van der Waals surface area contributed by atoms with E-state index in [-0.39, 0.29) is 12.5 Å². The highest BCUT2D eigenvalue weighted by Gasteiger charge is 2.39. The Morgan fingerprint density at radius 2 is 2.06 bits per heavy atom. The van der Waals surface area contributed by atoms with Gasteiger partial charge in [-0.25, -0.2) is 0 Å². The number of hydrogen-bond donors (Lipinski definition) is 2. The number of carbonyl (C=O) groups excluding carboxylic acids is 1. The summed E-state index contributed by atoms with van der Waals surface area (Å²) in [7, 11) is 0. The van der Waals surface area contributed by atoms with Gasteiger partial charge >= 0.3 is 5.97 Å². The normalized spacial score (nSPS) is 17.3. The molecule has 0 saturated carbocycles. The van der Waals surface area contributed by atoms with Crippen LogP contribution in [-0.2, 0) is 9.59 Å². The van der Waals surface area contributed by atoms with Crippen molar-refractivity contribution in [1.29, 1.82) is 0 Å². The topological polar surface area (TPSA) is 69.6 Å². The van der Waals surface area contributed by atoms with E-state index in [4.69, 9.17) is 5.11 Å². The number of benzene rings is 1. The molecule has 1 aromatic rings. The molecule has 1 aliphatic heterocycles. The van der Waals surface area contributed by atoms with Gasteiger partial charge < -0.3 is 10.4 Å². The van der Waals surface area contributed by atoms with Crippen LogP contribution in [0, 0.1) is 0 Å². The molecular formula is C12H14N2O3. The van der Waals surface area contributed by atoms with Gasteiger partial charge in [-0.05, 0) is 26.0 Å². The molecule has 1 heterocycles. The number of hydrogen-bond acceptors (Lipinski definition) is 3. The summed E-state index contributed by atoms with van der Waals surface area (Å²) in [5, 5.41) is 12.0. The van der Waals surface area contributed by atoms with E-state index in [2.05, 4.69) is 5.32 Å². The Balaban J connectivity index is 2.48. The molecule has 0 saturated heterocycles. The molecule has 0 bridgehead atoms. The Morgan fingerprint density at radius 1 is 1.41 bits per heavy atom. The fourth-order valence-corrected chi connectivity index (χ4v) is 1.94. The summed E-state index contributed by atoms with van der Waals surface area (Å²) in [6, 6.07) is 7.19. The van der Waals surface area contributed by atoms with Gasteiger partial charge in [-0.15, -0.1) is 0 Å². The van der Waals surface area contributed by atoms with Crippen molar-refractivity contribution < 1.29 is 14.7 Å².